The average molecular weight is 365 g/mol. The van der Waals surface area contributed by atoms with Crippen LogP contribution in [-0.4, -0.2) is 53.6 Å². The molecule has 1 aliphatic carbocycles. The predicted molar refractivity (Wildman–Crippen MR) is 103 cm³/mol. The first kappa shape index (κ1) is 19.3. The highest BCUT2D eigenvalue weighted by atomic mass is 16.5. The topological polar surface area (TPSA) is 36.6 Å². The lowest BCUT2D eigenvalue weighted by Crippen LogP contribution is -3.29. The Kier molecular flexibility index (Phi) is 7.03. The summed E-state index contributed by atoms with van der Waals surface area (Å²) in [5, 5.41) is 0. The third-order valence-corrected chi connectivity index (χ3v) is 6.26. The highest BCUT2D eigenvalue weighted by molar-refractivity contribution is 5.55. The maximum absolute atomic E-state index is 5.66. The van der Waals surface area contributed by atoms with Gasteiger partial charge in [-0.3, -0.25) is 0 Å². The molecule has 0 bridgehead atoms. The van der Waals surface area contributed by atoms with E-state index in [0.29, 0.717) is 5.75 Å². The molecule has 0 unspecified atom stereocenters. The number of nitrogens with one attached hydrogen (secondary N) is 2. The van der Waals surface area contributed by atoms with E-state index in [-0.39, 0.29) is 0 Å². The number of quaternary nitrogens is 2. The fraction of sp³-hybridized carbons (Fsp3) is 0.714. The second-order valence-corrected chi connectivity index (χ2v) is 7.77. The monoisotopic (exact) mass is 364 g/mol. The van der Waals surface area contributed by atoms with Crippen LogP contribution in [0.1, 0.15) is 44.1 Å². The van der Waals surface area contributed by atoms with Crippen molar-refractivity contribution in [3.05, 3.63) is 17.7 Å². The van der Waals surface area contributed by atoms with Gasteiger partial charge in [-0.25, -0.2) is 0 Å². The van der Waals surface area contributed by atoms with Gasteiger partial charge in [-0.2, -0.15) is 0 Å². The maximum Gasteiger partial charge on any atom is 0.203 e. The minimum Gasteiger partial charge on any atom is -0.493 e. The Morgan fingerprint density at radius 3 is 2.04 bits per heavy atom. The van der Waals surface area contributed by atoms with Crippen LogP contribution in [0.15, 0.2) is 12.1 Å². The minimum absolute atomic E-state index is 0.703. The van der Waals surface area contributed by atoms with Gasteiger partial charge in [0.1, 0.15) is 32.7 Å². The zero-order valence-electron chi connectivity index (χ0n) is 16.7. The summed E-state index contributed by atoms with van der Waals surface area (Å²) in [5.41, 5.74) is 1.21. The van der Waals surface area contributed by atoms with Crippen LogP contribution in [0.3, 0.4) is 0 Å². The summed E-state index contributed by atoms with van der Waals surface area (Å²) in [4.78, 5) is 3.50. The van der Waals surface area contributed by atoms with Gasteiger partial charge >= 0.3 is 0 Å². The molecular weight excluding hydrogens is 328 g/mol. The molecule has 1 heterocycles. The van der Waals surface area contributed by atoms with Gasteiger partial charge in [0.2, 0.25) is 5.75 Å². The van der Waals surface area contributed by atoms with Gasteiger partial charge in [0.15, 0.2) is 11.5 Å². The first-order valence-corrected chi connectivity index (χ1v) is 10.2. The van der Waals surface area contributed by atoms with E-state index in [0.717, 1.165) is 24.1 Å². The van der Waals surface area contributed by atoms with Crippen molar-refractivity contribution in [3.8, 4) is 17.2 Å². The van der Waals surface area contributed by atoms with Crippen LogP contribution in [0.25, 0.3) is 0 Å². The van der Waals surface area contributed by atoms with Crippen molar-refractivity contribution in [3.63, 3.8) is 0 Å². The average Bonchev–Trinajstić information content (AvgIpc) is 2.97. The Morgan fingerprint density at radius 2 is 1.46 bits per heavy atom. The van der Waals surface area contributed by atoms with E-state index in [9.17, 15) is 0 Å². The number of hydrogen-bond donors (Lipinski definition) is 2. The third-order valence-electron chi connectivity index (χ3n) is 6.26. The molecule has 2 fully saturated rings. The van der Waals surface area contributed by atoms with Crippen LogP contribution >= 0.6 is 0 Å². The Labute approximate surface area is 158 Å². The van der Waals surface area contributed by atoms with Gasteiger partial charge in [0, 0.05) is 0 Å². The Morgan fingerprint density at radius 1 is 0.808 bits per heavy atom. The van der Waals surface area contributed by atoms with Crippen LogP contribution in [0.4, 0.5) is 0 Å². The summed E-state index contributed by atoms with van der Waals surface area (Å²) >= 11 is 0. The van der Waals surface area contributed by atoms with E-state index >= 15 is 0 Å². The van der Waals surface area contributed by atoms with Crippen molar-refractivity contribution >= 4 is 0 Å². The summed E-state index contributed by atoms with van der Waals surface area (Å²) in [7, 11) is 5.05. The van der Waals surface area contributed by atoms with Crippen LogP contribution in [0.2, 0.25) is 0 Å². The van der Waals surface area contributed by atoms with Gasteiger partial charge in [-0.05, 0) is 37.8 Å². The van der Waals surface area contributed by atoms with Crippen molar-refractivity contribution < 1.29 is 24.0 Å². The van der Waals surface area contributed by atoms with Crippen LogP contribution < -0.4 is 24.0 Å². The maximum atomic E-state index is 5.66. The van der Waals surface area contributed by atoms with E-state index in [2.05, 4.69) is 6.07 Å². The molecule has 0 amide bonds. The Bertz CT molecular complexity index is 563. The van der Waals surface area contributed by atoms with Gasteiger partial charge in [-0.1, -0.05) is 12.8 Å². The molecule has 1 saturated heterocycles. The molecule has 1 saturated carbocycles. The molecule has 0 radical (unpaired) electrons. The molecule has 1 aromatic carbocycles. The molecule has 1 aliphatic heterocycles. The first-order chi connectivity index (χ1) is 12.8. The molecule has 146 valence electrons. The third kappa shape index (κ3) is 4.44. The smallest absolute Gasteiger partial charge is 0.203 e. The standard InChI is InChI=1S/C21H34N2O3/c1-24-19-11-10-17(20(25-2)21(19)26-3)16-22-12-14-23(15-13-22)18-8-6-4-5-7-9-18/h10-11,18H,4-9,12-16H2,1-3H3/p+2. The highest BCUT2D eigenvalue weighted by Crippen LogP contribution is 2.39. The van der Waals surface area contributed by atoms with Crippen LogP contribution in [0, 0.1) is 0 Å². The van der Waals surface area contributed by atoms with Gasteiger partial charge in [0.05, 0.1) is 32.9 Å². The van der Waals surface area contributed by atoms with Crippen molar-refractivity contribution in [1.82, 2.24) is 0 Å². The summed E-state index contributed by atoms with van der Waals surface area (Å²) < 4.78 is 16.6. The molecule has 26 heavy (non-hydrogen) atoms. The Hall–Kier alpha value is -1.46. The summed E-state index contributed by atoms with van der Waals surface area (Å²) in [6, 6.07) is 5.02. The summed E-state index contributed by atoms with van der Waals surface area (Å²) in [6.07, 6.45) is 8.64. The largest absolute Gasteiger partial charge is 0.493 e. The first-order valence-electron chi connectivity index (χ1n) is 10.2. The van der Waals surface area contributed by atoms with E-state index in [1.807, 2.05) is 11.0 Å². The summed E-state index contributed by atoms with van der Waals surface area (Å²) in [6.45, 7) is 6.07. The lowest BCUT2D eigenvalue weighted by molar-refractivity contribution is -1.03. The molecule has 5 heteroatoms. The SMILES string of the molecule is COc1ccc(C[NH+]2CC[NH+](C3CCCCCC3)CC2)c(OC)c1OC. The number of hydrogen-bond acceptors (Lipinski definition) is 3. The van der Waals surface area contributed by atoms with Crippen molar-refractivity contribution in [1.29, 1.82) is 0 Å². The molecule has 0 spiro atoms. The number of benzene rings is 1. The second kappa shape index (κ2) is 9.47. The lowest BCUT2D eigenvalue weighted by Gasteiger charge is -2.34. The lowest BCUT2D eigenvalue weighted by atomic mass is 10.1. The molecule has 2 aliphatic rings. The molecular formula is C21H36N2O3+2. The number of rotatable bonds is 6. The fourth-order valence-electron chi connectivity index (χ4n) is 4.77. The molecule has 3 rings (SSSR count). The van der Waals surface area contributed by atoms with Crippen LogP contribution in [-0.2, 0) is 6.54 Å². The highest BCUT2D eigenvalue weighted by Gasteiger charge is 2.30. The number of ether oxygens (including phenoxy) is 3. The molecule has 1 aromatic rings. The second-order valence-electron chi connectivity index (χ2n) is 7.77. The van der Waals surface area contributed by atoms with Crippen molar-refractivity contribution in [2.75, 3.05) is 47.5 Å². The van der Waals surface area contributed by atoms with E-state index in [1.165, 1.54) is 70.3 Å². The van der Waals surface area contributed by atoms with E-state index in [4.69, 9.17) is 14.2 Å². The Balaban J connectivity index is 1.60. The number of piperazine rings is 1. The molecule has 5 nitrogen and oxygen atoms in total. The quantitative estimate of drug-likeness (QED) is 0.731. The molecule has 0 atom stereocenters. The van der Waals surface area contributed by atoms with E-state index in [1.54, 1.807) is 26.2 Å². The summed E-state index contributed by atoms with van der Waals surface area (Å²) in [5.74, 6) is 2.25. The number of methoxy groups -OCH3 is 3. The zero-order valence-corrected chi connectivity index (χ0v) is 16.7. The fourth-order valence-corrected chi connectivity index (χ4v) is 4.77. The van der Waals surface area contributed by atoms with Gasteiger partial charge in [-0.15, -0.1) is 0 Å². The normalized spacial score (nSPS) is 24.7. The molecule has 2 N–H and O–H groups in total. The van der Waals surface area contributed by atoms with Gasteiger partial charge in [0.25, 0.3) is 0 Å². The zero-order chi connectivity index (χ0) is 18.4. The predicted octanol–water partition coefficient (Wildman–Crippen LogP) is 0.719. The van der Waals surface area contributed by atoms with Crippen LogP contribution in [0.5, 0.6) is 17.2 Å². The van der Waals surface area contributed by atoms with E-state index < -0.39 is 0 Å². The minimum atomic E-state index is 0.703. The molecule has 0 aromatic heterocycles. The van der Waals surface area contributed by atoms with Crippen molar-refractivity contribution in [2.24, 2.45) is 0 Å². The van der Waals surface area contributed by atoms with Gasteiger partial charge < -0.3 is 24.0 Å². The van der Waals surface area contributed by atoms with Crippen molar-refractivity contribution in [2.45, 2.75) is 51.1 Å².